The molecule has 33 heteroatoms. The summed E-state index contributed by atoms with van der Waals surface area (Å²) in [5.74, 6) is -12.3. The number of phenols is 4. The van der Waals surface area contributed by atoms with Gasteiger partial charge in [-0.25, -0.2) is 22.0 Å². The van der Waals surface area contributed by atoms with Crippen molar-refractivity contribution < 1.29 is 160 Å². The summed E-state index contributed by atoms with van der Waals surface area (Å²) in [6.45, 7) is 40.0. The van der Waals surface area contributed by atoms with E-state index in [4.69, 9.17) is 71.9 Å². The molecule has 0 saturated heterocycles. The van der Waals surface area contributed by atoms with Crippen molar-refractivity contribution in [2.24, 2.45) is 49.4 Å². The largest absolute Gasteiger partial charge is 1.00 e. The molecule has 0 aliphatic rings. The molecule has 5 rings (SSSR count). The van der Waals surface area contributed by atoms with Gasteiger partial charge in [-0.2, -0.15) is 0 Å². The van der Waals surface area contributed by atoms with Gasteiger partial charge in [0, 0.05) is 74.7 Å². The Bertz CT molecular complexity index is 4140. The maximum Gasteiger partial charge on any atom is 1.00 e. The van der Waals surface area contributed by atoms with Crippen molar-refractivity contribution in [1.29, 1.82) is 0 Å². The van der Waals surface area contributed by atoms with Gasteiger partial charge in [-0.1, -0.05) is 48.0 Å². The number of ketones is 3. The third-order valence-corrected chi connectivity index (χ3v) is 14.9. The number of hydrogen-bond acceptors (Lipinski definition) is 24. The number of rotatable bonds is 19. The van der Waals surface area contributed by atoms with E-state index >= 15 is 0 Å². The summed E-state index contributed by atoms with van der Waals surface area (Å²) in [7, 11) is 0. The molecule has 0 fully saturated rings. The molecule has 0 bridgehead atoms. The predicted molar refractivity (Wildman–Crippen MR) is 419 cm³/mol. The summed E-state index contributed by atoms with van der Waals surface area (Å²) in [6.07, 6.45) is 0.226. The van der Waals surface area contributed by atoms with Crippen LogP contribution in [-0.2, 0) is 33.6 Å². The molecule has 3 radical (unpaired) electrons. The van der Waals surface area contributed by atoms with Gasteiger partial charge in [0.05, 0.1) is 67.9 Å². The smallest absolute Gasteiger partial charge is 1.00 e. The minimum Gasteiger partial charge on any atom is -1.00 e. The number of carbonyl (C=O) groups excluding carboxylic acids is 10. The molecule has 631 valence electrons. The molecule has 0 amide bonds. The average molecular weight is 1670 g/mol. The van der Waals surface area contributed by atoms with Gasteiger partial charge in [-0.15, -0.1) is 12.4 Å². The molecular formula is C81H112BCl2F5N2NaO22. The number of nitrogens with two attached hydrogens (primary N) is 2. The quantitative estimate of drug-likeness (QED) is 0.00724. The van der Waals surface area contributed by atoms with E-state index in [0.717, 1.165) is 48.5 Å². The zero-order chi connectivity index (χ0) is 86.9. The number of benzene rings is 5. The van der Waals surface area contributed by atoms with Gasteiger partial charge < -0.3 is 72.0 Å². The Morgan fingerprint density at radius 1 is 0.368 bits per heavy atom. The van der Waals surface area contributed by atoms with Crippen molar-refractivity contribution in [2.45, 2.75) is 217 Å². The Labute approximate surface area is 701 Å². The normalized spacial score (nSPS) is 11.7. The molecular weight excluding hydrogens is 1550 g/mol. The minimum absolute atomic E-state index is 0. The molecule has 0 aliphatic heterocycles. The number of Topliss-reactive ketones (excluding diaryl/α,β-unsaturated/α-hetero) is 3. The fourth-order valence-corrected chi connectivity index (χ4v) is 7.28. The van der Waals surface area contributed by atoms with Crippen molar-refractivity contribution in [2.75, 3.05) is 13.1 Å². The van der Waals surface area contributed by atoms with E-state index in [-0.39, 0.29) is 156 Å². The number of halogens is 7. The van der Waals surface area contributed by atoms with Gasteiger partial charge in [-0.05, 0) is 186 Å². The van der Waals surface area contributed by atoms with E-state index in [1.807, 2.05) is 6.92 Å². The van der Waals surface area contributed by atoms with Crippen LogP contribution in [0.1, 0.15) is 261 Å². The molecule has 114 heavy (non-hydrogen) atoms. The van der Waals surface area contributed by atoms with Crippen LogP contribution in [0.3, 0.4) is 0 Å². The number of phenolic OH excluding ortho intramolecular Hbond substituents is 4. The monoisotopic (exact) mass is 1660 g/mol. The molecule has 0 aromatic heterocycles. The number of hydrogen-bond donors (Lipinski definition) is 8. The number of esters is 6. The Hall–Kier alpha value is -8.07. The van der Waals surface area contributed by atoms with E-state index in [2.05, 4.69) is 0 Å². The third kappa shape index (κ3) is 37.7. The van der Waals surface area contributed by atoms with E-state index in [1.165, 1.54) is 6.07 Å². The van der Waals surface area contributed by atoms with E-state index in [0.29, 0.717) is 31.7 Å². The summed E-state index contributed by atoms with van der Waals surface area (Å²) >= 11 is 5.11. The molecule has 0 saturated carbocycles. The van der Waals surface area contributed by atoms with Crippen LogP contribution in [0.15, 0.2) is 60.7 Å². The first-order valence-electron chi connectivity index (χ1n) is 35.2. The topological polar surface area (TPSA) is 400 Å². The maximum absolute atomic E-state index is 14.4. The minimum atomic E-state index is -1.28. The molecule has 0 spiro atoms. The first kappa shape index (κ1) is 112. The summed E-state index contributed by atoms with van der Waals surface area (Å²) in [5, 5.41) is 55.5. The van der Waals surface area contributed by atoms with Crippen LogP contribution in [0.2, 0.25) is 0 Å². The molecule has 5 aromatic rings. The molecule has 24 nitrogen and oxygen atoms in total. The number of aliphatic hydroxyl groups excluding tert-OH is 2. The van der Waals surface area contributed by atoms with Crippen molar-refractivity contribution in [3.05, 3.63) is 118 Å². The Kier molecular flexibility index (Phi) is 47.1. The summed E-state index contributed by atoms with van der Waals surface area (Å²) < 4.78 is 101. The van der Waals surface area contributed by atoms with Crippen LogP contribution >= 0.6 is 24.0 Å². The van der Waals surface area contributed by atoms with Gasteiger partial charge in [0.1, 0.15) is 29.1 Å². The molecule has 0 heterocycles. The van der Waals surface area contributed by atoms with Crippen LogP contribution in [0.4, 0.5) is 22.0 Å². The van der Waals surface area contributed by atoms with Gasteiger partial charge >= 0.3 is 65.4 Å². The fraction of sp³-hybridized carbons (Fsp3) is 0.506. The second-order valence-electron chi connectivity index (χ2n) is 32.5. The Morgan fingerprint density at radius 3 is 0.825 bits per heavy atom. The fourth-order valence-electron chi connectivity index (χ4n) is 7.28. The van der Waals surface area contributed by atoms with Gasteiger partial charge in [0.25, 0.3) is 0 Å². The molecule has 0 aliphatic carbocycles. The van der Waals surface area contributed by atoms with Crippen LogP contribution < -0.4 is 69.4 Å². The van der Waals surface area contributed by atoms with Gasteiger partial charge in [0.2, 0.25) is 5.24 Å². The average Bonchev–Trinajstić information content (AvgIpc) is 0.806. The van der Waals surface area contributed by atoms with Crippen LogP contribution in [0, 0.1) is 67.0 Å². The summed E-state index contributed by atoms with van der Waals surface area (Å²) in [4.78, 5) is 118. The second-order valence-corrected chi connectivity index (χ2v) is 32.8. The molecule has 10 N–H and O–H groups in total. The van der Waals surface area contributed by atoms with Gasteiger partial charge in [0.15, 0.2) is 74.8 Å². The zero-order valence-corrected chi connectivity index (χ0v) is 73.3. The van der Waals surface area contributed by atoms with Crippen LogP contribution in [0.25, 0.3) is 0 Å². The molecule has 5 aromatic carbocycles. The van der Waals surface area contributed by atoms with Gasteiger partial charge in [-0.3, -0.25) is 47.9 Å². The molecule has 2 atom stereocenters. The molecule has 2 unspecified atom stereocenters. The van der Waals surface area contributed by atoms with Crippen molar-refractivity contribution in [3.8, 4) is 57.5 Å². The van der Waals surface area contributed by atoms with Crippen LogP contribution in [-0.4, -0.2) is 111 Å². The number of ether oxygens (including phenoxy) is 6. The Balaban J connectivity index is -0.000000434. The van der Waals surface area contributed by atoms with Crippen molar-refractivity contribution >= 4 is 90.8 Å². The Morgan fingerprint density at radius 2 is 0.588 bits per heavy atom. The first-order valence-corrected chi connectivity index (χ1v) is 35.6. The predicted octanol–water partition coefficient (Wildman–Crippen LogP) is 13.5. The summed E-state index contributed by atoms with van der Waals surface area (Å²) in [6, 6.07) is 9.47. The standard InChI is InChI=1S/C20H29FO5.C20H27FO5.C18H26FNO5.C10H11FO3.C8H8FNO3.C5H9ClO.B.ClH.Na.H/c2*1-8-9-14(22)12-10-15(25-17(23)19(2,3)4)16(11-13(12)21)26-18(24)20(5,6)7;1-17(2,3)15(22)24-13-7-10(12(21)9-20)11(19)8-14(13)25-16(23)18(4,5)6;1-2-3-8(12)6-4-9(13)10(14)5-7(6)11;9-5-2-7(12)6(11)1-4(5)8(13)3-10;1-5(2,3)4(6)7;;;;/h10-11,14,22H,8-9H2,1-7H3;10-11H,8-9H2,1-7H3;7-8,12,21H,9,20H2,1-6H3;4-5,13-14H,2-3H2,1H3;1-2,11-12H,3,10H2;1-3H3;;1H;;/q;;;;;;;;+1;-1. The number of aliphatic hydroxyl groups is 2. The van der Waals surface area contributed by atoms with E-state index in [1.54, 1.807) is 159 Å². The number of aromatic hydroxyl groups is 4. The van der Waals surface area contributed by atoms with E-state index < -0.39 is 144 Å². The third-order valence-electron chi connectivity index (χ3n) is 14.3. The first-order chi connectivity index (χ1) is 50.4. The summed E-state index contributed by atoms with van der Waals surface area (Å²) in [5.41, 5.74) is 4.20. The van der Waals surface area contributed by atoms with Crippen molar-refractivity contribution in [3.63, 3.8) is 0 Å². The van der Waals surface area contributed by atoms with Crippen LogP contribution in [0.5, 0.6) is 57.5 Å². The van der Waals surface area contributed by atoms with Crippen molar-refractivity contribution in [1.82, 2.24) is 0 Å². The maximum atomic E-state index is 14.4. The zero-order valence-electron chi connectivity index (χ0n) is 70.7. The second kappa shape index (κ2) is 47.8. The number of carbonyl (C=O) groups is 10. The van der Waals surface area contributed by atoms with E-state index in [9.17, 15) is 80.1 Å². The SMILES string of the molecule is CC(C)(C)C(=O)Cl.CC(C)(C)C(=O)Oc1cc(F)c(C(O)CN)cc1OC(=O)C(C)(C)C.CCCC(=O)c1cc(O)c(O)cc1F.CCCC(=O)c1cc(OC(=O)C(C)(C)C)c(OC(=O)C(C)(C)C)cc1F.CCCC(O)c1cc(OC(=O)C(C)(C)C)c(OC(=O)C(C)(C)C)cc1F.Cl.NCC(=O)c1cc(O)c(O)cc1F.[B].[H-].[Na+].